The van der Waals surface area contributed by atoms with Crippen LogP contribution < -0.4 is 5.32 Å². The van der Waals surface area contributed by atoms with Crippen LogP contribution in [0, 0.1) is 0 Å². The molecule has 0 unspecified atom stereocenters. The molecule has 0 spiro atoms. The first kappa shape index (κ1) is 14.8. The second kappa shape index (κ2) is 5.83. The second-order valence-corrected chi connectivity index (χ2v) is 5.64. The fourth-order valence-corrected chi connectivity index (χ4v) is 1.78. The number of amides is 1. The van der Waals surface area contributed by atoms with E-state index in [0.717, 1.165) is 11.1 Å². The molecule has 1 aromatic carbocycles. The highest BCUT2D eigenvalue weighted by Crippen LogP contribution is 2.24. The van der Waals surface area contributed by atoms with Crippen LogP contribution in [0.1, 0.15) is 20.8 Å². The maximum atomic E-state index is 11.7. The Morgan fingerprint density at radius 3 is 2.62 bits per heavy atom. The number of carbonyl (C=O) groups is 1. The molecule has 0 fully saturated rings. The Bertz CT molecular complexity index is 648. The number of ether oxygens (including phenoxy) is 1. The van der Waals surface area contributed by atoms with Crippen LogP contribution in [0.25, 0.3) is 11.1 Å². The summed E-state index contributed by atoms with van der Waals surface area (Å²) in [5.74, 6) is 0.0954. The zero-order valence-electron chi connectivity index (χ0n) is 12.3. The zero-order valence-corrected chi connectivity index (χ0v) is 12.3. The van der Waals surface area contributed by atoms with Gasteiger partial charge in [-0.1, -0.05) is 12.1 Å². The quantitative estimate of drug-likeness (QED) is 0.880. The van der Waals surface area contributed by atoms with Gasteiger partial charge in [0.15, 0.2) is 0 Å². The average Bonchev–Trinajstić information content (AvgIpc) is 2.36. The molecule has 21 heavy (non-hydrogen) atoms. The number of anilines is 1. The first-order chi connectivity index (χ1) is 9.83. The van der Waals surface area contributed by atoms with E-state index in [4.69, 9.17) is 4.74 Å². The molecule has 1 heterocycles. The molecular formula is C16H18N2O3. The van der Waals surface area contributed by atoms with Crippen molar-refractivity contribution in [2.45, 2.75) is 26.4 Å². The van der Waals surface area contributed by atoms with E-state index in [1.54, 1.807) is 45.2 Å². The SMILES string of the molecule is CC(C)(C)OC(=O)Nc1cccc(-c2cncc(O)c2)c1. The number of hydrogen-bond donors (Lipinski definition) is 2. The zero-order chi connectivity index (χ0) is 15.5. The molecule has 1 amide bonds. The van der Waals surface area contributed by atoms with Crippen LogP contribution in [0.3, 0.4) is 0 Å². The van der Waals surface area contributed by atoms with Crippen molar-refractivity contribution in [1.82, 2.24) is 4.98 Å². The summed E-state index contributed by atoms with van der Waals surface area (Å²) < 4.78 is 5.20. The summed E-state index contributed by atoms with van der Waals surface area (Å²) in [7, 11) is 0. The van der Waals surface area contributed by atoms with Crippen molar-refractivity contribution >= 4 is 11.8 Å². The predicted molar refractivity (Wildman–Crippen MR) is 81.2 cm³/mol. The van der Waals surface area contributed by atoms with Crippen molar-refractivity contribution in [3.8, 4) is 16.9 Å². The molecule has 0 bridgehead atoms. The molecule has 0 saturated carbocycles. The van der Waals surface area contributed by atoms with E-state index in [2.05, 4.69) is 10.3 Å². The number of pyridine rings is 1. The third-order valence-corrected chi connectivity index (χ3v) is 2.57. The molecule has 5 nitrogen and oxygen atoms in total. The molecule has 1 aromatic heterocycles. The summed E-state index contributed by atoms with van der Waals surface area (Å²) in [4.78, 5) is 15.7. The average molecular weight is 286 g/mol. The third-order valence-electron chi connectivity index (χ3n) is 2.57. The number of nitrogens with zero attached hydrogens (tertiary/aromatic N) is 1. The molecule has 0 aliphatic carbocycles. The standard InChI is InChI=1S/C16H18N2O3/c1-16(2,3)21-15(20)18-13-6-4-5-11(7-13)12-8-14(19)10-17-9-12/h4-10,19H,1-3H3,(H,18,20). The van der Waals surface area contributed by atoms with Crippen molar-refractivity contribution in [1.29, 1.82) is 0 Å². The number of benzene rings is 1. The van der Waals surface area contributed by atoms with Crippen molar-refractivity contribution in [3.63, 3.8) is 0 Å². The van der Waals surface area contributed by atoms with Gasteiger partial charge in [-0.3, -0.25) is 10.3 Å². The number of hydrogen-bond acceptors (Lipinski definition) is 4. The predicted octanol–water partition coefficient (Wildman–Crippen LogP) is 3.80. The highest BCUT2D eigenvalue weighted by atomic mass is 16.6. The Balaban J connectivity index is 2.17. The van der Waals surface area contributed by atoms with Gasteiger partial charge < -0.3 is 9.84 Å². The molecule has 5 heteroatoms. The number of carbonyl (C=O) groups excluding carboxylic acids is 1. The van der Waals surface area contributed by atoms with Crippen molar-refractivity contribution in [2.75, 3.05) is 5.32 Å². The third kappa shape index (κ3) is 4.49. The topological polar surface area (TPSA) is 71.5 Å². The van der Waals surface area contributed by atoms with E-state index in [9.17, 15) is 9.90 Å². The number of nitrogens with one attached hydrogen (secondary N) is 1. The van der Waals surface area contributed by atoms with Gasteiger partial charge in [0.1, 0.15) is 11.4 Å². The first-order valence-corrected chi connectivity index (χ1v) is 6.58. The van der Waals surface area contributed by atoms with Crippen LogP contribution in [0.15, 0.2) is 42.7 Å². The molecule has 2 aromatic rings. The van der Waals surface area contributed by atoms with Gasteiger partial charge in [-0.25, -0.2) is 4.79 Å². The number of aromatic hydroxyl groups is 1. The smallest absolute Gasteiger partial charge is 0.412 e. The Hall–Kier alpha value is -2.56. The van der Waals surface area contributed by atoms with Gasteiger partial charge in [0.2, 0.25) is 0 Å². The summed E-state index contributed by atoms with van der Waals surface area (Å²) in [6, 6.07) is 8.85. The molecule has 0 atom stereocenters. The molecule has 0 saturated heterocycles. The second-order valence-electron chi connectivity index (χ2n) is 5.64. The lowest BCUT2D eigenvalue weighted by Crippen LogP contribution is -2.27. The minimum atomic E-state index is -0.545. The van der Waals surface area contributed by atoms with E-state index in [0.29, 0.717) is 5.69 Å². The van der Waals surface area contributed by atoms with Crippen LogP contribution in [-0.2, 0) is 4.74 Å². The fourth-order valence-electron chi connectivity index (χ4n) is 1.78. The van der Waals surface area contributed by atoms with Gasteiger partial charge in [-0.15, -0.1) is 0 Å². The van der Waals surface area contributed by atoms with Gasteiger partial charge >= 0.3 is 6.09 Å². The number of rotatable bonds is 2. The first-order valence-electron chi connectivity index (χ1n) is 6.58. The van der Waals surface area contributed by atoms with E-state index >= 15 is 0 Å². The van der Waals surface area contributed by atoms with Crippen LogP contribution in [0.5, 0.6) is 5.75 Å². The van der Waals surface area contributed by atoms with E-state index in [1.165, 1.54) is 6.20 Å². The lowest BCUT2D eigenvalue weighted by atomic mass is 10.1. The minimum Gasteiger partial charge on any atom is -0.506 e. The molecule has 2 rings (SSSR count). The van der Waals surface area contributed by atoms with Gasteiger partial charge in [-0.2, -0.15) is 0 Å². The summed E-state index contributed by atoms with van der Waals surface area (Å²) in [5, 5.41) is 12.1. The van der Waals surface area contributed by atoms with Gasteiger partial charge in [0.05, 0.1) is 6.20 Å². The Kier molecular flexibility index (Phi) is 4.12. The summed E-state index contributed by atoms with van der Waals surface area (Å²) in [5.41, 5.74) is 1.68. The van der Waals surface area contributed by atoms with Crippen LogP contribution in [-0.4, -0.2) is 21.8 Å². The molecular weight excluding hydrogens is 268 g/mol. The van der Waals surface area contributed by atoms with E-state index < -0.39 is 11.7 Å². The molecule has 110 valence electrons. The largest absolute Gasteiger partial charge is 0.506 e. The highest BCUT2D eigenvalue weighted by molar-refractivity contribution is 5.86. The van der Waals surface area contributed by atoms with Gasteiger partial charge in [0, 0.05) is 17.4 Å². The van der Waals surface area contributed by atoms with E-state index in [-0.39, 0.29) is 5.75 Å². The Labute approximate surface area is 123 Å². The Morgan fingerprint density at radius 1 is 1.19 bits per heavy atom. The summed E-state index contributed by atoms with van der Waals surface area (Å²) in [6.07, 6.45) is 2.51. The van der Waals surface area contributed by atoms with Crippen LogP contribution in [0.4, 0.5) is 10.5 Å². The lowest BCUT2D eigenvalue weighted by molar-refractivity contribution is 0.0636. The van der Waals surface area contributed by atoms with Gasteiger partial charge in [0.25, 0.3) is 0 Å². The highest BCUT2D eigenvalue weighted by Gasteiger charge is 2.16. The van der Waals surface area contributed by atoms with Crippen LogP contribution in [0.2, 0.25) is 0 Å². The minimum absolute atomic E-state index is 0.0954. The normalized spacial score (nSPS) is 11.0. The monoisotopic (exact) mass is 286 g/mol. The Morgan fingerprint density at radius 2 is 1.95 bits per heavy atom. The summed E-state index contributed by atoms with van der Waals surface area (Å²) in [6.45, 7) is 5.42. The number of aromatic nitrogens is 1. The summed E-state index contributed by atoms with van der Waals surface area (Å²) >= 11 is 0. The molecule has 0 radical (unpaired) electrons. The molecule has 0 aliphatic heterocycles. The van der Waals surface area contributed by atoms with Crippen molar-refractivity contribution in [2.24, 2.45) is 0 Å². The van der Waals surface area contributed by atoms with E-state index in [1.807, 2.05) is 12.1 Å². The fraction of sp³-hybridized carbons (Fsp3) is 0.250. The van der Waals surface area contributed by atoms with Crippen molar-refractivity contribution < 1.29 is 14.6 Å². The molecule has 2 N–H and O–H groups in total. The maximum absolute atomic E-state index is 11.7. The maximum Gasteiger partial charge on any atom is 0.412 e. The van der Waals surface area contributed by atoms with Crippen LogP contribution >= 0.6 is 0 Å². The molecule has 0 aliphatic rings. The lowest BCUT2D eigenvalue weighted by Gasteiger charge is -2.19. The van der Waals surface area contributed by atoms with Crippen molar-refractivity contribution in [3.05, 3.63) is 42.7 Å². The van der Waals surface area contributed by atoms with Gasteiger partial charge in [-0.05, 0) is 44.5 Å².